The van der Waals surface area contributed by atoms with E-state index >= 15 is 0 Å². The Morgan fingerprint density at radius 2 is 1.44 bits per heavy atom. The van der Waals surface area contributed by atoms with E-state index in [0.717, 1.165) is 27.8 Å². The Bertz CT molecular complexity index is 612. The predicted molar refractivity (Wildman–Crippen MR) is 73.0 cm³/mol. The summed E-state index contributed by atoms with van der Waals surface area (Å²) in [5.41, 5.74) is 5.44. The number of aromatic carboxylic acids is 1. The van der Waals surface area contributed by atoms with Crippen LogP contribution < -0.4 is 0 Å². The molecule has 2 aromatic carbocycles. The van der Waals surface area contributed by atoms with Gasteiger partial charge < -0.3 is 5.11 Å². The first-order valence-electron chi connectivity index (χ1n) is 5.90. The molecule has 0 fully saturated rings. The van der Waals surface area contributed by atoms with Crippen LogP contribution >= 0.6 is 0 Å². The van der Waals surface area contributed by atoms with Crippen LogP contribution in [0.3, 0.4) is 0 Å². The molecule has 2 rings (SSSR count). The van der Waals surface area contributed by atoms with E-state index in [4.69, 9.17) is 0 Å². The molecule has 1 N–H and O–H groups in total. The molecule has 0 saturated heterocycles. The maximum absolute atomic E-state index is 11.3. The highest BCUT2D eigenvalue weighted by atomic mass is 16.4. The monoisotopic (exact) mass is 240 g/mol. The van der Waals surface area contributed by atoms with Crippen LogP contribution in [-0.4, -0.2) is 11.1 Å². The van der Waals surface area contributed by atoms with Crippen LogP contribution in [-0.2, 0) is 0 Å². The van der Waals surface area contributed by atoms with Crippen LogP contribution in [0.2, 0.25) is 0 Å². The Morgan fingerprint density at radius 3 is 2.06 bits per heavy atom. The summed E-state index contributed by atoms with van der Waals surface area (Å²) in [6, 6.07) is 11.5. The first kappa shape index (κ1) is 12.4. The van der Waals surface area contributed by atoms with Gasteiger partial charge in [-0.2, -0.15) is 0 Å². The molecule has 2 aromatic rings. The Labute approximate surface area is 107 Å². The molecule has 0 aliphatic rings. The summed E-state index contributed by atoms with van der Waals surface area (Å²) in [5.74, 6) is -0.883. The molecule has 0 aliphatic carbocycles. The van der Waals surface area contributed by atoms with Gasteiger partial charge in [-0.15, -0.1) is 0 Å². The molecular formula is C16H16O2. The van der Waals surface area contributed by atoms with Gasteiger partial charge in [-0.1, -0.05) is 41.5 Å². The summed E-state index contributed by atoms with van der Waals surface area (Å²) in [4.78, 5) is 11.3. The molecule has 2 nitrogen and oxygen atoms in total. The highest BCUT2D eigenvalue weighted by Crippen LogP contribution is 2.28. The molecule has 0 amide bonds. The highest BCUT2D eigenvalue weighted by Gasteiger charge is 2.13. The number of aryl methyl sites for hydroxylation is 3. The standard InChI is InChI=1S/C16H16O2/c1-10-4-6-12(3)14(8-10)15-9-11(2)5-7-13(15)16(17)18/h4-9H,1-3H3,(H,17,18). The molecule has 0 unspecified atom stereocenters. The number of hydrogen-bond acceptors (Lipinski definition) is 1. The van der Waals surface area contributed by atoms with Crippen molar-refractivity contribution in [2.75, 3.05) is 0 Å². The Kier molecular flexibility index (Phi) is 3.19. The number of rotatable bonds is 2. The summed E-state index contributed by atoms with van der Waals surface area (Å²) in [6.07, 6.45) is 0. The molecule has 0 atom stereocenters. The average Bonchev–Trinajstić information content (AvgIpc) is 2.31. The third-order valence-electron chi connectivity index (χ3n) is 3.09. The number of hydrogen-bond donors (Lipinski definition) is 1. The van der Waals surface area contributed by atoms with E-state index in [9.17, 15) is 9.90 Å². The number of carboxylic acids is 1. The van der Waals surface area contributed by atoms with Crippen molar-refractivity contribution < 1.29 is 9.90 Å². The summed E-state index contributed by atoms with van der Waals surface area (Å²) in [6.45, 7) is 5.99. The second kappa shape index (κ2) is 4.65. The predicted octanol–water partition coefficient (Wildman–Crippen LogP) is 3.98. The van der Waals surface area contributed by atoms with Crippen molar-refractivity contribution in [2.24, 2.45) is 0 Å². The van der Waals surface area contributed by atoms with Gasteiger partial charge in [0, 0.05) is 0 Å². The summed E-state index contributed by atoms with van der Waals surface area (Å²) < 4.78 is 0. The quantitative estimate of drug-likeness (QED) is 0.862. The normalized spacial score (nSPS) is 10.4. The molecular weight excluding hydrogens is 224 g/mol. The van der Waals surface area contributed by atoms with Gasteiger partial charge in [-0.3, -0.25) is 0 Å². The van der Waals surface area contributed by atoms with Crippen molar-refractivity contribution in [1.29, 1.82) is 0 Å². The zero-order valence-electron chi connectivity index (χ0n) is 10.8. The van der Waals surface area contributed by atoms with E-state index in [2.05, 4.69) is 0 Å². The summed E-state index contributed by atoms with van der Waals surface area (Å²) in [7, 11) is 0. The maximum atomic E-state index is 11.3. The fourth-order valence-corrected chi connectivity index (χ4v) is 2.09. The van der Waals surface area contributed by atoms with E-state index in [1.54, 1.807) is 6.07 Å². The Hall–Kier alpha value is -2.09. The lowest BCUT2D eigenvalue weighted by Crippen LogP contribution is -2.01. The first-order valence-corrected chi connectivity index (χ1v) is 5.90. The molecule has 92 valence electrons. The molecule has 0 aromatic heterocycles. The van der Waals surface area contributed by atoms with E-state index in [1.165, 1.54) is 0 Å². The zero-order valence-corrected chi connectivity index (χ0v) is 10.8. The molecule has 18 heavy (non-hydrogen) atoms. The van der Waals surface area contributed by atoms with Gasteiger partial charge in [-0.25, -0.2) is 4.79 Å². The lowest BCUT2D eigenvalue weighted by Gasteiger charge is -2.11. The van der Waals surface area contributed by atoms with Crippen molar-refractivity contribution in [3.63, 3.8) is 0 Å². The zero-order chi connectivity index (χ0) is 13.3. The molecule has 0 aliphatic heterocycles. The second-order valence-corrected chi connectivity index (χ2v) is 4.67. The molecule has 0 bridgehead atoms. The smallest absolute Gasteiger partial charge is 0.336 e. The van der Waals surface area contributed by atoms with E-state index in [1.807, 2.05) is 51.1 Å². The summed E-state index contributed by atoms with van der Waals surface area (Å²) in [5, 5.41) is 9.28. The van der Waals surface area contributed by atoms with Crippen molar-refractivity contribution in [3.05, 3.63) is 58.7 Å². The minimum Gasteiger partial charge on any atom is -0.478 e. The van der Waals surface area contributed by atoms with Gasteiger partial charge in [0.25, 0.3) is 0 Å². The Morgan fingerprint density at radius 1 is 0.889 bits per heavy atom. The van der Waals surface area contributed by atoms with Gasteiger partial charge >= 0.3 is 5.97 Å². The molecule has 0 heterocycles. The van der Waals surface area contributed by atoms with Crippen molar-refractivity contribution in [2.45, 2.75) is 20.8 Å². The lowest BCUT2D eigenvalue weighted by atomic mass is 9.93. The van der Waals surface area contributed by atoms with Gasteiger partial charge in [-0.05, 0) is 43.5 Å². The van der Waals surface area contributed by atoms with Gasteiger partial charge in [0.05, 0.1) is 5.56 Å². The lowest BCUT2D eigenvalue weighted by molar-refractivity contribution is 0.0698. The van der Waals surface area contributed by atoms with Gasteiger partial charge in [0.15, 0.2) is 0 Å². The molecule has 0 saturated carbocycles. The third kappa shape index (κ3) is 2.28. The van der Waals surface area contributed by atoms with Crippen molar-refractivity contribution in [3.8, 4) is 11.1 Å². The van der Waals surface area contributed by atoms with Gasteiger partial charge in [0.2, 0.25) is 0 Å². The first-order chi connectivity index (χ1) is 8.49. The summed E-state index contributed by atoms with van der Waals surface area (Å²) >= 11 is 0. The maximum Gasteiger partial charge on any atom is 0.336 e. The van der Waals surface area contributed by atoms with Crippen LogP contribution in [0.25, 0.3) is 11.1 Å². The molecule has 2 heteroatoms. The van der Waals surface area contributed by atoms with Crippen LogP contribution in [0.1, 0.15) is 27.0 Å². The minimum atomic E-state index is -0.883. The fraction of sp³-hybridized carbons (Fsp3) is 0.188. The Balaban J connectivity index is 2.73. The second-order valence-electron chi connectivity index (χ2n) is 4.67. The van der Waals surface area contributed by atoms with Crippen LogP contribution in [0.5, 0.6) is 0 Å². The van der Waals surface area contributed by atoms with Crippen molar-refractivity contribution >= 4 is 5.97 Å². The van der Waals surface area contributed by atoms with Crippen LogP contribution in [0, 0.1) is 20.8 Å². The largest absolute Gasteiger partial charge is 0.478 e. The molecule has 0 radical (unpaired) electrons. The van der Waals surface area contributed by atoms with Crippen LogP contribution in [0.15, 0.2) is 36.4 Å². The van der Waals surface area contributed by atoms with Crippen LogP contribution in [0.4, 0.5) is 0 Å². The minimum absolute atomic E-state index is 0.356. The average molecular weight is 240 g/mol. The van der Waals surface area contributed by atoms with Crippen molar-refractivity contribution in [1.82, 2.24) is 0 Å². The van der Waals surface area contributed by atoms with E-state index < -0.39 is 5.97 Å². The van der Waals surface area contributed by atoms with Gasteiger partial charge in [0.1, 0.15) is 0 Å². The SMILES string of the molecule is Cc1ccc(C)c(-c2cc(C)ccc2C(=O)O)c1. The van der Waals surface area contributed by atoms with E-state index in [-0.39, 0.29) is 0 Å². The number of carbonyl (C=O) groups is 1. The third-order valence-corrected chi connectivity index (χ3v) is 3.09. The van der Waals surface area contributed by atoms with E-state index in [0.29, 0.717) is 5.56 Å². The fourth-order valence-electron chi connectivity index (χ4n) is 2.09. The highest BCUT2D eigenvalue weighted by molar-refractivity contribution is 5.96. The number of benzene rings is 2. The molecule has 0 spiro atoms. The topological polar surface area (TPSA) is 37.3 Å². The number of carboxylic acid groups (broad SMARTS) is 1.